The third-order valence-electron chi connectivity index (χ3n) is 7.08. The molecule has 0 saturated carbocycles. The van der Waals surface area contributed by atoms with Gasteiger partial charge in [0.2, 0.25) is 7.37 Å². The van der Waals surface area contributed by atoms with E-state index in [1.165, 1.54) is 6.07 Å². The molecular formula is C29H49F3NO5P. The lowest BCUT2D eigenvalue weighted by molar-refractivity contribution is -0.139. The van der Waals surface area contributed by atoms with Gasteiger partial charge in [0.1, 0.15) is 5.75 Å². The summed E-state index contributed by atoms with van der Waals surface area (Å²) in [4.78, 5) is 11.7. The van der Waals surface area contributed by atoms with Crippen molar-refractivity contribution < 1.29 is 36.9 Å². The Labute approximate surface area is 232 Å². The largest absolute Gasteiger partial charge is 0.493 e. The number of hydrogen-bond donors (Lipinski definition) is 2. The van der Waals surface area contributed by atoms with Crippen molar-refractivity contribution >= 4 is 13.5 Å². The topological polar surface area (TPSA) is 84.9 Å². The van der Waals surface area contributed by atoms with Gasteiger partial charge in [-0.2, -0.15) is 13.2 Å². The number of unbranched alkanes of at least 4 members (excludes halogenated alkanes) is 4. The summed E-state index contributed by atoms with van der Waals surface area (Å²) in [5.41, 5.74) is -1.58. The van der Waals surface area contributed by atoms with Crippen LogP contribution in [0.25, 0.3) is 0 Å². The zero-order chi connectivity index (χ0) is 30.1. The molecule has 0 saturated heterocycles. The normalized spacial score (nSPS) is 14.6. The second kappa shape index (κ2) is 14.2. The molecular weight excluding hydrogens is 530 g/mol. The smallest absolute Gasteiger partial charge is 0.419 e. The van der Waals surface area contributed by atoms with E-state index < -0.39 is 41.1 Å². The van der Waals surface area contributed by atoms with Gasteiger partial charge in [0, 0.05) is 10.3 Å². The number of benzene rings is 1. The number of nitrogens with one attached hydrogen (secondary N) is 1. The van der Waals surface area contributed by atoms with Crippen molar-refractivity contribution in [2.75, 3.05) is 13.2 Å². The lowest BCUT2D eigenvalue weighted by Crippen LogP contribution is -2.52. The fraction of sp³-hybridized carbons (Fsp3) is 0.759. The summed E-state index contributed by atoms with van der Waals surface area (Å²) in [5.74, 6) is -0.202. The molecule has 0 aliphatic rings. The van der Waals surface area contributed by atoms with Crippen molar-refractivity contribution in [3.05, 3.63) is 29.3 Å². The minimum atomic E-state index is -4.59. The van der Waals surface area contributed by atoms with Gasteiger partial charge < -0.3 is 19.7 Å². The third-order valence-corrected chi connectivity index (χ3v) is 11.1. The molecule has 0 heterocycles. The molecule has 10 heteroatoms. The van der Waals surface area contributed by atoms with Gasteiger partial charge >= 0.3 is 12.3 Å². The molecule has 0 fully saturated rings. The Bertz CT molecular complexity index is 951. The maximum absolute atomic E-state index is 14.0. The average molecular weight is 580 g/mol. The number of amides is 1. The fourth-order valence-corrected chi connectivity index (χ4v) is 7.94. The highest BCUT2D eigenvalue weighted by Gasteiger charge is 2.49. The Balaban J connectivity index is 3.16. The van der Waals surface area contributed by atoms with Crippen LogP contribution in [0.15, 0.2) is 18.2 Å². The lowest BCUT2D eigenvalue weighted by atomic mass is 9.89. The maximum Gasteiger partial charge on any atom is 0.419 e. The summed E-state index contributed by atoms with van der Waals surface area (Å²) in [5, 5.41) is 10.7. The SMILES string of the molecule is CCCCCCCOc1ccc(CCC(CC)(COP(=O)(C(C)(C)C)C(C)(C)C)NC(=O)O)cc1C(F)(F)F. The molecule has 1 rings (SSSR count). The van der Waals surface area contributed by atoms with E-state index in [-0.39, 0.29) is 31.8 Å². The van der Waals surface area contributed by atoms with Crippen molar-refractivity contribution in [1.29, 1.82) is 0 Å². The van der Waals surface area contributed by atoms with Crippen LogP contribution in [-0.2, 0) is 21.7 Å². The van der Waals surface area contributed by atoms with Gasteiger partial charge in [-0.25, -0.2) is 4.79 Å². The highest BCUT2D eigenvalue weighted by Crippen LogP contribution is 2.67. The monoisotopic (exact) mass is 579 g/mol. The Morgan fingerprint density at radius 3 is 2.05 bits per heavy atom. The quantitative estimate of drug-likeness (QED) is 0.160. The molecule has 1 atom stereocenters. The Kier molecular flexibility index (Phi) is 12.9. The van der Waals surface area contributed by atoms with Gasteiger partial charge in [-0.3, -0.25) is 4.57 Å². The first-order valence-electron chi connectivity index (χ1n) is 13.9. The second-order valence-electron chi connectivity index (χ2n) is 12.3. The zero-order valence-corrected chi connectivity index (χ0v) is 25.9. The first-order valence-corrected chi connectivity index (χ1v) is 15.5. The van der Waals surface area contributed by atoms with Gasteiger partial charge in [0.15, 0.2) is 0 Å². The van der Waals surface area contributed by atoms with Crippen LogP contribution in [0.2, 0.25) is 0 Å². The molecule has 226 valence electrons. The predicted molar refractivity (Wildman–Crippen MR) is 151 cm³/mol. The standard InChI is InChI=1S/C29H49F3NO5P/c1-9-11-12-13-14-19-37-24-16-15-22(20-23(24)29(30,31)32)17-18-28(10-2,33-25(34)35)21-38-39(36,26(3,4)5)27(6,7)8/h15-16,20,33H,9-14,17-19,21H2,1-8H3,(H,34,35). The number of carboxylic acid groups (broad SMARTS) is 1. The van der Waals surface area contributed by atoms with Crippen molar-refractivity contribution in [3.8, 4) is 5.75 Å². The van der Waals surface area contributed by atoms with Crippen LogP contribution in [0, 0.1) is 0 Å². The van der Waals surface area contributed by atoms with Crippen LogP contribution in [0.1, 0.15) is 111 Å². The van der Waals surface area contributed by atoms with Gasteiger partial charge in [-0.15, -0.1) is 0 Å². The zero-order valence-electron chi connectivity index (χ0n) is 25.0. The number of hydrogen-bond acceptors (Lipinski definition) is 4. The van der Waals surface area contributed by atoms with Crippen LogP contribution < -0.4 is 10.1 Å². The molecule has 0 bridgehead atoms. The lowest BCUT2D eigenvalue weighted by Gasteiger charge is -2.43. The van der Waals surface area contributed by atoms with Crippen molar-refractivity contribution in [3.63, 3.8) is 0 Å². The van der Waals surface area contributed by atoms with Crippen molar-refractivity contribution in [1.82, 2.24) is 5.32 Å². The molecule has 1 aromatic carbocycles. The number of rotatable bonds is 15. The van der Waals surface area contributed by atoms with E-state index in [1.807, 2.05) is 41.5 Å². The summed E-state index contributed by atoms with van der Waals surface area (Å²) in [7, 11) is -3.29. The molecule has 1 amide bonds. The van der Waals surface area contributed by atoms with Crippen LogP contribution in [-0.4, -0.2) is 40.3 Å². The number of carbonyl (C=O) groups is 1. The van der Waals surface area contributed by atoms with Gasteiger partial charge in [-0.05, 0) is 43.4 Å². The van der Waals surface area contributed by atoms with E-state index in [9.17, 15) is 27.6 Å². The van der Waals surface area contributed by atoms with Crippen LogP contribution in [0.5, 0.6) is 5.75 Å². The van der Waals surface area contributed by atoms with Gasteiger partial charge in [-0.1, -0.05) is 87.1 Å². The third kappa shape index (κ3) is 10.3. The number of aryl methyl sites for hydroxylation is 1. The van der Waals surface area contributed by atoms with E-state index in [2.05, 4.69) is 12.2 Å². The molecule has 0 spiro atoms. The summed E-state index contributed by atoms with van der Waals surface area (Å²) in [6.45, 7) is 14.9. The van der Waals surface area contributed by atoms with E-state index in [4.69, 9.17) is 9.26 Å². The van der Waals surface area contributed by atoms with Gasteiger partial charge in [0.25, 0.3) is 0 Å². The molecule has 6 nitrogen and oxygen atoms in total. The number of ether oxygens (including phenoxy) is 1. The second-order valence-corrected chi connectivity index (χ2v) is 16.4. The van der Waals surface area contributed by atoms with E-state index >= 15 is 0 Å². The molecule has 1 unspecified atom stereocenters. The molecule has 1 aromatic rings. The summed E-state index contributed by atoms with van der Waals surface area (Å²) < 4.78 is 67.2. The minimum absolute atomic E-state index is 0.160. The van der Waals surface area contributed by atoms with Gasteiger partial charge in [0.05, 0.1) is 24.3 Å². The molecule has 0 radical (unpaired) electrons. The van der Waals surface area contributed by atoms with E-state index in [0.717, 1.165) is 31.7 Å². The first kappa shape index (κ1) is 35.3. The van der Waals surface area contributed by atoms with Crippen molar-refractivity contribution in [2.45, 2.75) is 129 Å². The average Bonchev–Trinajstić information content (AvgIpc) is 2.81. The summed E-state index contributed by atoms with van der Waals surface area (Å²) in [6.07, 6.45) is -0.448. The first-order chi connectivity index (χ1) is 17.8. The number of alkyl halides is 3. The summed E-state index contributed by atoms with van der Waals surface area (Å²) in [6, 6.07) is 3.99. The van der Waals surface area contributed by atoms with E-state index in [1.54, 1.807) is 13.0 Å². The fourth-order valence-electron chi connectivity index (χ4n) is 4.72. The molecule has 0 aromatic heterocycles. The van der Waals surface area contributed by atoms with E-state index in [0.29, 0.717) is 18.4 Å². The highest BCUT2D eigenvalue weighted by atomic mass is 31.2. The highest BCUT2D eigenvalue weighted by molar-refractivity contribution is 7.62. The molecule has 39 heavy (non-hydrogen) atoms. The summed E-state index contributed by atoms with van der Waals surface area (Å²) >= 11 is 0. The molecule has 0 aliphatic carbocycles. The molecule has 2 N–H and O–H groups in total. The van der Waals surface area contributed by atoms with Crippen molar-refractivity contribution in [2.24, 2.45) is 0 Å². The van der Waals surface area contributed by atoms with Crippen LogP contribution in [0.4, 0.5) is 18.0 Å². The molecule has 0 aliphatic heterocycles. The predicted octanol–water partition coefficient (Wildman–Crippen LogP) is 9.30. The van der Waals surface area contributed by atoms with Crippen LogP contribution in [0.3, 0.4) is 0 Å². The maximum atomic E-state index is 14.0. The number of halogens is 3. The Morgan fingerprint density at radius 1 is 0.974 bits per heavy atom. The Morgan fingerprint density at radius 2 is 1.56 bits per heavy atom. The van der Waals surface area contributed by atoms with Crippen LogP contribution >= 0.6 is 7.37 Å². The Hall–Kier alpha value is -1.73. The minimum Gasteiger partial charge on any atom is -0.493 e.